The largest absolute Gasteiger partial charge is 0.385 e. The van der Waals surface area contributed by atoms with Gasteiger partial charge in [0.05, 0.1) is 4.90 Å². The number of piperidine rings is 1. The standard InChI is InChI=1S/C13H21N3O2S/c1-16-8-2-3-11(10-16)9-15-12-4-6-13(7-5-12)19(14,17)18/h4-7,11,15H,2-3,8-10H2,1H3,(H2,14,17,18). The van der Waals surface area contributed by atoms with Crippen LogP contribution in [0.3, 0.4) is 0 Å². The number of primary sulfonamides is 1. The van der Waals surface area contributed by atoms with E-state index in [1.807, 2.05) is 0 Å². The van der Waals surface area contributed by atoms with E-state index in [0.29, 0.717) is 5.92 Å². The van der Waals surface area contributed by atoms with E-state index >= 15 is 0 Å². The quantitative estimate of drug-likeness (QED) is 0.867. The van der Waals surface area contributed by atoms with Crippen LogP contribution >= 0.6 is 0 Å². The van der Waals surface area contributed by atoms with Gasteiger partial charge in [-0.3, -0.25) is 0 Å². The van der Waals surface area contributed by atoms with Gasteiger partial charge in [0.1, 0.15) is 0 Å². The van der Waals surface area contributed by atoms with Crippen LogP contribution in [0.1, 0.15) is 12.8 Å². The van der Waals surface area contributed by atoms with Crippen LogP contribution in [-0.4, -0.2) is 40.0 Å². The van der Waals surface area contributed by atoms with Crippen LogP contribution in [0.4, 0.5) is 5.69 Å². The van der Waals surface area contributed by atoms with Crippen molar-refractivity contribution < 1.29 is 8.42 Å². The number of hydrogen-bond donors (Lipinski definition) is 2. The first-order valence-electron chi connectivity index (χ1n) is 6.50. The molecule has 106 valence electrons. The van der Waals surface area contributed by atoms with Gasteiger partial charge in [0.25, 0.3) is 0 Å². The molecule has 1 saturated heterocycles. The first-order valence-corrected chi connectivity index (χ1v) is 8.05. The zero-order valence-electron chi connectivity index (χ0n) is 11.2. The molecule has 0 saturated carbocycles. The second-order valence-electron chi connectivity index (χ2n) is 5.22. The average Bonchev–Trinajstić information content (AvgIpc) is 2.36. The van der Waals surface area contributed by atoms with Crippen molar-refractivity contribution in [3.8, 4) is 0 Å². The van der Waals surface area contributed by atoms with Gasteiger partial charge in [-0.1, -0.05) is 0 Å². The van der Waals surface area contributed by atoms with Crippen molar-refractivity contribution in [2.24, 2.45) is 11.1 Å². The molecule has 0 bridgehead atoms. The summed E-state index contributed by atoms with van der Waals surface area (Å²) in [4.78, 5) is 2.50. The highest BCUT2D eigenvalue weighted by atomic mass is 32.2. The summed E-state index contributed by atoms with van der Waals surface area (Å²) < 4.78 is 22.3. The fourth-order valence-electron chi connectivity index (χ4n) is 2.46. The molecule has 19 heavy (non-hydrogen) atoms. The number of nitrogens with two attached hydrogens (primary N) is 1. The van der Waals surface area contributed by atoms with Crippen LogP contribution in [0.25, 0.3) is 0 Å². The average molecular weight is 283 g/mol. The number of likely N-dealkylation sites (tertiary alicyclic amines) is 1. The Morgan fingerprint density at radius 3 is 2.63 bits per heavy atom. The van der Waals surface area contributed by atoms with Gasteiger partial charge in [-0.15, -0.1) is 0 Å². The molecule has 3 N–H and O–H groups in total. The molecule has 2 rings (SSSR count). The first kappa shape index (κ1) is 14.3. The maximum absolute atomic E-state index is 11.1. The molecule has 6 heteroatoms. The van der Waals surface area contributed by atoms with Crippen LogP contribution in [0.2, 0.25) is 0 Å². The molecule has 1 aliphatic rings. The summed E-state index contributed by atoms with van der Waals surface area (Å²) >= 11 is 0. The summed E-state index contributed by atoms with van der Waals surface area (Å²) in [6.07, 6.45) is 2.49. The number of sulfonamides is 1. The maximum Gasteiger partial charge on any atom is 0.238 e. The normalized spacial score (nSPS) is 21.3. The highest BCUT2D eigenvalue weighted by Crippen LogP contribution is 2.17. The minimum atomic E-state index is -3.60. The Kier molecular flexibility index (Phi) is 4.44. The number of nitrogens with one attached hydrogen (secondary N) is 1. The zero-order chi connectivity index (χ0) is 13.9. The van der Waals surface area contributed by atoms with Crippen molar-refractivity contribution in [1.29, 1.82) is 0 Å². The van der Waals surface area contributed by atoms with E-state index in [2.05, 4.69) is 17.3 Å². The molecule has 0 radical (unpaired) electrons. The van der Waals surface area contributed by atoms with Gasteiger partial charge in [0.15, 0.2) is 0 Å². The van der Waals surface area contributed by atoms with Crippen LogP contribution in [0.15, 0.2) is 29.2 Å². The topological polar surface area (TPSA) is 75.4 Å². The number of hydrogen-bond acceptors (Lipinski definition) is 4. The SMILES string of the molecule is CN1CCCC(CNc2ccc(S(N)(=O)=O)cc2)C1. The second-order valence-corrected chi connectivity index (χ2v) is 6.78. The molecule has 0 spiro atoms. The maximum atomic E-state index is 11.1. The third kappa shape index (κ3) is 4.19. The smallest absolute Gasteiger partial charge is 0.238 e. The van der Waals surface area contributed by atoms with Gasteiger partial charge in [-0.05, 0) is 56.6 Å². The summed E-state index contributed by atoms with van der Waals surface area (Å²) in [5.41, 5.74) is 0.931. The van der Waals surface area contributed by atoms with Crippen molar-refractivity contribution in [3.05, 3.63) is 24.3 Å². The van der Waals surface area contributed by atoms with Gasteiger partial charge < -0.3 is 10.2 Å². The van der Waals surface area contributed by atoms with E-state index in [-0.39, 0.29) is 4.90 Å². The summed E-state index contributed by atoms with van der Waals surface area (Å²) in [7, 11) is -1.45. The number of benzene rings is 1. The lowest BCUT2D eigenvalue weighted by Gasteiger charge is -2.29. The summed E-state index contributed by atoms with van der Waals surface area (Å²) in [5, 5.41) is 8.41. The molecular formula is C13H21N3O2S. The van der Waals surface area contributed by atoms with Crippen LogP contribution in [0, 0.1) is 5.92 Å². The molecular weight excluding hydrogens is 262 g/mol. The Morgan fingerprint density at radius 1 is 1.37 bits per heavy atom. The summed E-state index contributed by atoms with van der Waals surface area (Å²) in [6.45, 7) is 3.21. The van der Waals surface area contributed by atoms with Gasteiger partial charge in [0.2, 0.25) is 10.0 Å². The number of nitrogens with zero attached hydrogens (tertiary/aromatic N) is 1. The van der Waals surface area contributed by atoms with E-state index in [0.717, 1.165) is 18.8 Å². The van der Waals surface area contributed by atoms with E-state index in [1.165, 1.54) is 31.5 Å². The highest BCUT2D eigenvalue weighted by Gasteiger charge is 2.16. The van der Waals surface area contributed by atoms with Crippen molar-refractivity contribution in [1.82, 2.24) is 4.90 Å². The van der Waals surface area contributed by atoms with Crippen LogP contribution in [0.5, 0.6) is 0 Å². The summed E-state index contributed by atoms with van der Waals surface area (Å²) in [5.74, 6) is 0.650. The Hall–Kier alpha value is -1.11. The molecule has 1 aromatic carbocycles. The Labute approximate surface area is 114 Å². The third-order valence-electron chi connectivity index (χ3n) is 3.50. The van der Waals surface area contributed by atoms with Crippen molar-refractivity contribution in [2.75, 3.05) is 32.0 Å². The molecule has 0 aromatic heterocycles. The number of anilines is 1. The van der Waals surface area contributed by atoms with Gasteiger partial charge in [-0.25, -0.2) is 13.6 Å². The van der Waals surface area contributed by atoms with Gasteiger partial charge in [-0.2, -0.15) is 0 Å². The van der Waals surface area contributed by atoms with E-state index in [4.69, 9.17) is 5.14 Å². The zero-order valence-corrected chi connectivity index (χ0v) is 12.0. The van der Waals surface area contributed by atoms with E-state index in [9.17, 15) is 8.42 Å². The van der Waals surface area contributed by atoms with Crippen molar-refractivity contribution >= 4 is 15.7 Å². The lowest BCUT2D eigenvalue weighted by molar-refractivity contribution is 0.217. The van der Waals surface area contributed by atoms with Crippen molar-refractivity contribution in [2.45, 2.75) is 17.7 Å². The third-order valence-corrected chi connectivity index (χ3v) is 4.43. The molecule has 1 heterocycles. The highest BCUT2D eigenvalue weighted by molar-refractivity contribution is 7.89. The first-order chi connectivity index (χ1) is 8.95. The molecule has 5 nitrogen and oxygen atoms in total. The molecule has 0 aliphatic carbocycles. The molecule has 1 fully saturated rings. The lowest BCUT2D eigenvalue weighted by atomic mass is 9.98. The van der Waals surface area contributed by atoms with Crippen LogP contribution in [-0.2, 0) is 10.0 Å². The monoisotopic (exact) mass is 283 g/mol. The minimum Gasteiger partial charge on any atom is -0.385 e. The number of rotatable bonds is 4. The predicted octanol–water partition coefficient (Wildman–Crippen LogP) is 1.09. The van der Waals surface area contributed by atoms with Crippen LogP contribution < -0.4 is 10.5 Å². The molecule has 1 aliphatic heterocycles. The van der Waals surface area contributed by atoms with Crippen molar-refractivity contribution in [3.63, 3.8) is 0 Å². The van der Waals surface area contributed by atoms with Gasteiger partial charge >= 0.3 is 0 Å². The van der Waals surface area contributed by atoms with Gasteiger partial charge in [0, 0.05) is 18.8 Å². The minimum absolute atomic E-state index is 0.149. The summed E-state index contributed by atoms with van der Waals surface area (Å²) in [6, 6.07) is 6.58. The molecule has 0 amide bonds. The van der Waals surface area contributed by atoms with E-state index < -0.39 is 10.0 Å². The Balaban J connectivity index is 1.89. The Bertz CT molecular complexity index is 513. The fourth-order valence-corrected chi connectivity index (χ4v) is 2.98. The second kappa shape index (κ2) is 5.90. The fraction of sp³-hybridized carbons (Fsp3) is 0.538. The van der Waals surface area contributed by atoms with E-state index in [1.54, 1.807) is 12.1 Å². The lowest BCUT2D eigenvalue weighted by Crippen LogP contribution is -2.35. The molecule has 1 atom stereocenters. The molecule has 1 unspecified atom stereocenters. The predicted molar refractivity (Wildman–Crippen MR) is 76.5 cm³/mol. The Morgan fingerprint density at radius 2 is 2.05 bits per heavy atom. The molecule has 1 aromatic rings.